The Kier molecular flexibility index (Phi) is 4.92. The monoisotopic (exact) mass is 356 g/mol. The number of hydrogen-bond donors (Lipinski definition) is 2. The molecule has 2 amide bonds. The molecule has 1 aliphatic rings. The highest BCUT2D eigenvalue weighted by molar-refractivity contribution is 5.77. The molecule has 7 nitrogen and oxygen atoms in total. The third kappa shape index (κ3) is 3.51. The molecule has 0 saturated carbocycles. The second kappa shape index (κ2) is 7.47. The van der Waals surface area contributed by atoms with Crippen LogP contribution in [0.15, 0.2) is 30.3 Å². The molecular weight excluding hydrogens is 340 g/mol. The van der Waals surface area contributed by atoms with Gasteiger partial charge in [-0.3, -0.25) is 0 Å². The topological polar surface area (TPSA) is 116 Å². The normalized spacial score (nSPS) is 11.7. The first-order valence-corrected chi connectivity index (χ1v) is 8.29. The molecule has 0 radical (unpaired) electrons. The Hall–Kier alpha value is -4.02. The summed E-state index contributed by atoms with van der Waals surface area (Å²) in [4.78, 5) is 13.1. The van der Waals surface area contributed by atoms with Gasteiger partial charge in [0.1, 0.15) is 0 Å². The average Bonchev–Trinajstić information content (AvgIpc) is 3.14. The van der Waals surface area contributed by atoms with Crippen molar-refractivity contribution >= 4 is 6.03 Å². The molecule has 0 spiro atoms. The molecule has 132 valence electrons. The molecule has 0 bridgehead atoms. The van der Waals surface area contributed by atoms with Crippen LogP contribution in [-0.4, -0.2) is 18.0 Å². The fourth-order valence-corrected chi connectivity index (χ4v) is 3.20. The maximum Gasteiger partial charge on any atom is 0.314 e. The van der Waals surface area contributed by atoms with E-state index in [2.05, 4.69) is 22.9 Å². The lowest BCUT2D eigenvalue weighted by Gasteiger charge is -2.13. The Balaban J connectivity index is 2.11. The van der Waals surface area contributed by atoms with Gasteiger partial charge >= 0.3 is 6.03 Å². The molecule has 0 unspecified atom stereocenters. The van der Waals surface area contributed by atoms with Crippen molar-refractivity contribution in [2.24, 2.45) is 0 Å². The summed E-state index contributed by atoms with van der Waals surface area (Å²) in [7, 11) is 1.55. The van der Waals surface area contributed by atoms with E-state index in [-0.39, 0.29) is 6.03 Å². The summed E-state index contributed by atoms with van der Waals surface area (Å²) in [5.41, 5.74) is 5.25. The van der Waals surface area contributed by atoms with E-state index >= 15 is 0 Å². The number of urea groups is 1. The molecule has 0 saturated heterocycles. The van der Waals surface area contributed by atoms with Crippen molar-refractivity contribution < 1.29 is 4.79 Å². The van der Waals surface area contributed by atoms with Gasteiger partial charge in [0.05, 0.1) is 36.4 Å². The van der Waals surface area contributed by atoms with Gasteiger partial charge in [-0.2, -0.15) is 15.8 Å². The smallest absolute Gasteiger partial charge is 0.314 e. The maximum absolute atomic E-state index is 11.5. The van der Waals surface area contributed by atoms with Crippen molar-refractivity contribution in [1.82, 2.24) is 15.5 Å². The minimum absolute atomic E-state index is 0.285. The highest BCUT2D eigenvalue weighted by atomic mass is 16.2. The van der Waals surface area contributed by atoms with E-state index in [1.54, 1.807) is 30.1 Å². The summed E-state index contributed by atoms with van der Waals surface area (Å²) >= 11 is 0. The van der Waals surface area contributed by atoms with Crippen LogP contribution < -0.4 is 10.6 Å². The number of carbonyl (C=O) groups is 1. The van der Waals surface area contributed by atoms with E-state index in [0.717, 1.165) is 22.3 Å². The maximum atomic E-state index is 11.5. The number of hydrogen-bond acceptors (Lipinski definition) is 5. The van der Waals surface area contributed by atoms with Crippen molar-refractivity contribution in [3.8, 4) is 29.5 Å². The third-order valence-corrected chi connectivity index (χ3v) is 4.49. The van der Waals surface area contributed by atoms with E-state index < -0.39 is 0 Å². The van der Waals surface area contributed by atoms with E-state index in [1.165, 1.54) is 0 Å². The zero-order valence-electron chi connectivity index (χ0n) is 14.7. The van der Waals surface area contributed by atoms with E-state index in [0.29, 0.717) is 36.3 Å². The second-order valence-corrected chi connectivity index (χ2v) is 6.15. The van der Waals surface area contributed by atoms with Gasteiger partial charge in [0.15, 0.2) is 6.19 Å². The molecule has 1 aliphatic heterocycles. The summed E-state index contributed by atoms with van der Waals surface area (Å²) in [6.45, 7) is 1.28. The molecule has 7 heteroatoms. The zero-order valence-corrected chi connectivity index (χ0v) is 14.7. The molecule has 0 aromatic heterocycles. The number of fused-ring (bicyclic) bond motifs is 1. The Morgan fingerprint density at radius 1 is 1.11 bits per heavy atom. The summed E-state index contributed by atoms with van der Waals surface area (Å²) in [5.74, 6) is 0. The van der Waals surface area contributed by atoms with Gasteiger partial charge < -0.3 is 15.5 Å². The molecule has 0 atom stereocenters. The summed E-state index contributed by atoms with van der Waals surface area (Å²) in [6.07, 6.45) is 2.16. The minimum Gasteiger partial charge on any atom is -0.341 e. The SMILES string of the molecule is CNC(=O)NCc1cc2c(c(-c3ccc(C#N)cc3C#N)c1)CN(C#N)C2. The molecule has 1 heterocycles. The van der Waals surface area contributed by atoms with Gasteiger partial charge in [0, 0.05) is 13.6 Å². The first-order chi connectivity index (χ1) is 13.1. The van der Waals surface area contributed by atoms with Gasteiger partial charge in [0.25, 0.3) is 0 Å². The van der Waals surface area contributed by atoms with Gasteiger partial charge in [-0.1, -0.05) is 12.1 Å². The van der Waals surface area contributed by atoms with Gasteiger partial charge in [-0.05, 0) is 46.0 Å². The molecule has 3 rings (SSSR count). The minimum atomic E-state index is -0.285. The van der Waals surface area contributed by atoms with Crippen molar-refractivity contribution in [3.05, 3.63) is 58.1 Å². The van der Waals surface area contributed by atoms with Gasteiger partial charge in [-0.15, -0.1) is 0 Å². The van der Waals surface area contributed by atoms with Crippen LogP contribution >= 0.6 is 0 Å². The lowest BCUT2D eigenvalue weighted by molar-refractivity contribution is 0.242. The quantitative estimate of drug-likeness (QED) is 0.819. The van der Waals surface area contributed by atoms with Crippen molar-refractivity contribution in [1.29, 1.82) is 15.8 Å². The molecule has 2 N–H and O–H groups in total. The van der Waals surface area contributed by atoms with Crippen LogP contribution in [0.1, 0.15) is 27.8 Å². The molecule has 0 fully saturated rings. The standard InChI is InChI=1S/C20H16N6O/c1-24-20(27)25-9-14-5-16-10-26(12-23)11-19(16)18(6-14)17-3-2-13(7-21)4-15(17)8-22/h2-6H,9-11H2,1H3,(H2,24,25,27). The number of carbonyl (C=O) groups excluding carboxylic acids is 1. The Bertz CT molecular complexity index is 1040. The highest BCUT2D eigenvalue weighted by Crippen LogP contribution is 2.35. The Labute approximate surface area is 157 Å². The number of nitrogens with one attached hydrogen (secondary N) is 2. The highest BCUT2D eigenvalue weighted by Gasteiger charge is 2.23. The van der Waals surface area contributed by atoms with E-state index in [1.807, 2.05) is 18.2 Å². The predicted octanol–water partition coefficient (Wildman–Crippen LogP) is 2.32. The molecular formula is C20H16N6O. The number of amides is 2. The predicted molar refractivity (Wildman–Crippen MR) is 97.5 cm³/mol. The van der Waals surface area contributed by atoms with Crippen LogP contribution in [0.2, 0.25) is 0 Å². The number of benzene rings is 2. The van der Waals surface area contributed by atoms with E-state index in [4.69, 9.17) is 5.26 Å². The third-order valence-electron chi connectivity index (χ3n) is 4.49. The lowest BCUT2D eigenvalue weighted by Crippen LogP contribution is -2.32. The average molecular weight is 356 g/mol. The van der Waals surface area contributed by atoms with Crippen molar-refractivity contribution in [3.63, 3.8) is 0 Å². The number of rotatable bonds is 3. The molecule has 0 aliphatic carbocycles. The summed E-state index contributed by atoms with van der Waals surface area (Å²) < 4.78 is 0. The van der Waals surface area contributed by atoms with Crippen LogP contribution in [0.4, 0.5) is 4.79 Å². The lowest BCUT2D eigenvalue weighted by atomic mass is 9.91. The summed E-state index contributed by atoms with van der Waals surface area (Å²) in [6, 6.07) is 12.8. The first-order valence-electron chi connectivity index (χ1n) is 8.29. The van der Waals surface area contributed by atoms with Crippen LogP contribution in [0.3, 0.4) is 0 Å². The first kappa shape index (κ1) is 17.8. The van der Waals surface area contributed by atoms with Crippen molar-refractivity contribution in [2.45, 2.75) is 19.6 Å². The number of nitriles is 3. The van der Waals surface area contributed by atoms with Crippen LogP contribution in [0.5, 0.6) is 0 Å². The zero-order chi connectivity index (χ0) is 19.4. The van der Waals surface area contributed by atoms with Gasteiger partial charge in [-0.25, -0.2) is 4.79 Å². The van der Waals surface area contributed by atoms with E-state index in [9.17, 15) is 15.3 Å². The Morgan fingerprint density at radius 3 is 2.59 bits per heavy atom. The molecule has 2 aromatic carbocycles. The van der Waals surface area contributed by atoms with Gasteiger partial charge in [0.2, 0.25) is 0 Å². The van der Waals surface area contributed by atoms with Crippen molar-refractivity contribution in [2.75, 3.05) is 7.05 Å². The van der Waals surface area contributed by atoms with Crippen LogP contribution in [0, 0.1) is 34.1 Å². The largest absolute Gasteiger partial charge is 0.341 e. The fraction of sp³-hybridized carbons (Fsp3) is 0.200. The fourth-order valence-electron chi connectivity index (χ4n) is 3.20. The summed E-state index contributed by atoms with van der Waals surface area (Å²) in [5, 5.41) is 33.1. The van der Waals surface area contributed by atoms with Crippen LogP contribution in [-0.2, 0) is 19.6 Å². The molecule has 27 heavy (non-hydrogen) atoms. The molecule has 2 aromatic rings. The second-order valence-electron chi connectivity index (χ2n) is 6.15. The Morgan fingerprint density at radius 2 is 1.93 bits per heavy atom. The number of nitrogens with zero attached hydrogens (tertiary/aromatic N) is 4. The van der Waals surface area contributed by atoms with Crippen LogP contribution in [0.25, 0.3) is 11.1 Å².